The molecule has 0 saturated carbocycles. The largest absolute Gasteiger partial charge is 0.327 e. The van der Waals surface area contributed by atoms with Crippen molar-refractivity contribution in [3.8, 4) is 11.8 Å². The highest BCUT2D eigenvalue weighted by molar-refractivity contribution is 5.94. The summed E-state index contributed by atoms with van der Waals surface area (Å²) in [7, 11) is 0. The maximum Gasteiger partial charge on any atom is 0.254 e. The van der Waals surface area contributed by atoms with E-state index in [9.17, 15) is 4.79 Å². The van der Waals surface area contributed by atoms with Crippen molar-refractivity contribution in [2.75, 3.05) is 32.7 Å². The molecule has 1 N–H and O–H groups in total. The SMILES string of the molecule is O=C(c1ccccc1)N1CC[NH+](CC#Cc2ccccc2)CC1. The molecule has 1 heterocycles. The lowest BCUT2D eigenvalue weighted by Crippen LogP contribution is -3.14. The molecule has 116 valence electrons. The third-order valence-electron chi connectivity index (χ3n) is 4.12. The second-order valence-electron chi connectivity index (χ2n) is 5.75. The van der Waals surface area contributed by atoms with Crippen molar-refractivity contribution < 1.29 is 9.69 Å². The Balaban J connectivity index is 1.49. The van der Waals surface area contributed by atoms with Crippen LogP contribution in [-0.4, -0.2) is 43.5 Å². The summed E-state index contributed by atoms with van der Waals surface area (Å²) in [5, 5.41) is 0. The number of piperazine rings is 1. The number of rotatable bonds is 2. The van der Waals surface area contributed by atoms with Gasteiger partial charge < -0.3 is 9.80 Å². The summed E-state index contributed by atoms with van der Waals surface area (Å²) in [6.07, 6.45) is 0. The number of hydrogen-bond donors (Lipinski definition) is 1. The van der Waals surface area contributed by atoms with Gasteiger partial charge in [0.2, 0.25) is 0 Å². The van der Waals surface area contributed by atoms with Gasteiger partial charge in [-0.15, -0.1) is 0 Å². The van der Waals surface area contributed by atoms with Gasteiger partial charge in [0, 0.05) is 11.1 Å². The zero-order valence-electron chi connectivity index (χ0n) is 13.2. The number of quaternary nitrogens is 1. The van der Waals surface area contributed by atoms with Crippen LogP contribution in [0.1, 0.15) is 15.9 Å². The maximum absolute atomic E-state index is 12.4. The lowest BCUT2D eigenvalue weighted by molar-refractivity contribution is -0.896. The topological polar surface area (TPSA) is 24.8 Å². The molecule has 1 saturated heterocycles. The molecule has 23 heavy (non-hydrogen) atoms. The van der Waals surface area contributed by atoms with Crippen molar-refractivity contribution in [1.82, 2.24) is 4.90 Å². The van der Waals surface area contributed by atoms with Crippen LogP contribution in [0.5, 0.6) is 0 Å². The van der Waals surface area contributed by atoms with Gasteiger partial charge in [-0.2, -0.15) is 0 Å². The van der Waals surface area contributed by atoms with Crippen molar-refractivity contribution >= 4 is 5.91 Å². The first-order valence-electron chi connectivity index (χ1n) is 8.05. The van der Waals surface area contributed by atoms with Gasteiger partial charge in [-0.05, 0) is 30.2 Å². The van der Waals surface area contributed by atoms with Crippen LogP contribution in [0.4, 0.5) is 0 Å². The molecule has 2 aromatic carbocycles. The minimum absolute atomic E-state index is 0.139. The third-order valence-corrected chi connectivity index (χ3v) is 4.12. The number of nitrogens with zero attached hydrogens (tertiary/aromatic N) is 1. The minimum atomic E-state index is 0.139. The van der Waals surface area contributed by atoms with E-state index < -0.39 is 0 Å². The zero-order chi connectivity index (χ0) is 15.9. The molecule has 0 aliphatic carbocycles. The van der Waals surface area contributed by atoms with Gasteiger partial charge in [0.1, 0.15) is 6.54 Å². The summed E-state index contributed by atoms with van der Waals surface area (Å²) < 4.78 is 0. The van der Waals surface area contributed by atoms with Crippen molar-refractivity contribution in [2.24, 2.45) is 0 Å². The molecule has 0 radical (unpaired) electrons. The Morgan fingerprint density at radius 3 is 2.22 bits per heavy atom. The van der Waals surface area contributed by atoms with Gasteiger partial charge in [-0.25, -0.2) is 0 Å². The highest BCUT2D eigenvalue weighted by Gasteiger charge is 2.23. The average molecular weight is 305 g/mol. The lowest BCUT2D eigenvalue weighted by atomic mass is 10.2. The molecule has 3 nitrogen and oxygen atoms in total. The van der Waals surface area contributed by atoms with Crippen molar-refractivity contribution in [1.29, 1.82) is 0 Å². The second-order valence-corrected chi connectivity index (χ2v) is 5.75. The molecule has 1 amide bonds. The number of benzene rings is 2. The lowest BCUT2D eigenvalue weighted by Gasteiger charge is -2.31. The van der Waals surface area contributed by atoms with Gasteiger partial charge >= 0.3 is 0 Å². The van der Waals surface area contributed by atoms with Crippen LogP contribution in [0.2, 0.25) is 0 Å². The van der Waals surface area contributed by atoms with Crippen LogP contribution >= 0.6 is 0 Å². The molecule has 1 fully saturated rings. The highest BCUT2D eigenvalue weighted by atomic mass is 16.2. The number of carbonyl (C=O) groups excluding carboxylic acids is 1. The van der Waals surface area contributed by atoms with Gasteiger partial charge in [0.15, 0.2) is 0 Å². The molecule has 2 aromatic rings. The first-order chi connectivity index (χ1) is 11.3. The first kappa shape index (κ1) is 15.3. The van der Waals surface area contributed by atoms with Crippen LogP contribution in [0.15, 0.2) is 60.7 Å². The predicted octanol–water partition coefficient (Wildman–Crippen LogP) is 1.08. The van der Waals surface area contributed by atoms with E-state index >= 15 is 0 Å². The van der Waals surface area contributed by atoms with Gasteiger partial charge in [-0.1, -0.05) is 42.3 Å². The quantitative estimate of drug-likeness (QED) is 0.825. The van der Waals surface area contributed by atoms with E-state index in [0.29, 0.717) is 0 Å². The summed E-state index contributed by atoms with van der Waals surface area (Å²) in [5.74, 6) is 6.60. The molecule has 3 rings (SSSR count). The van der Waals surface area contributed by atoms with Crippen LogP contribution in [0.25, 0.3) is 0 Å². The molecule has 3 heteroatoms. The molecule has 1 aliphatic rings. The van der Waals surface area contributed by atoms with E-state index in [4.69, 9.17) is 0 Å². The minimum Gasteiger partial charge on any atom is -0.327 e. The molecule has 0 aromatic heterocycles. The normalized spacial score (nSPS) is 14.9. The molecule has 0 atom stereocenters. The fourth-order valence-electron chi connectivity index (χ4n) is 2.76. The third kappa shape index (κ3) is 4.21. The Bertz CT molecular complexity index is 693. The Morgan fingerprint density at radius 1 is 0.957 bits per heavy atom. The second kappa shape index (κ2) is 7.62. The monoisotopic (exact) mass is 305 g/mol. The maximum atomic E-state index is 12.4. The number of nitrogens with one attached hydrogen (secondary N) is 1. The van der Waals surface area contributed by atoms with Crippen molar-refractivity contribution in [2.45, 2.75) is 0 Å². The Hall–Kier alpha value is -2.57. The summed E-state index contributed by atoms with van der Waals surface area (Å²) in [4.78, 5) is 15.8. The summed E-state index contributed by atoms with van der Waals surface area (Å²) >= 11 is 0. The summed E-state index contributed by atoms with van der Waals surface area (Å²) in [6, 6.07) is 19.6. The predicted molar refractivity (Wildman–Crippen MR) is 91.2 cm³/mol. The van der Waals surface area contributed by atoms with Gasteiger partial charge in [-0.3, -0.25) is 4.79 Å². The molecular formula is C20H21N2O+. The van der Waals surface area contributed by atoms with Crippen molar-refractivity contribution in [3.05, 3.63) is 71.8 Å². The Kier molecular flexibility index (Phi) is 5.08. The van der Waals surface area contributed by atoms with E-state index in [1.165, 1.54) is 4.90 Å². The highest BCUT2D eigenvalue weighted by Crippen LogP contribution is 2.04. The Labute approximate surface area is 137 Å². The van der Waals surface area contributed by atoms with E-state index in [1.54, 1.807) is 0 Å². The van der Waals surface area contributed by atoms with Crippen LogP contribution in [-0.2, 0) is 0 Å². The smallest absolute Gasteiger partial charge is 0.254 e. The summed E-state index contributed by atoms with van der Waals surface area (Å²) in [5.41, 5.74) is 1.84. The van der Waals surface area contributed by atoms with Crippen LogP contribution in [0, 0.1) is 11.8 Å². The van der Waals surface area contributed by atoms with Crippen molar-refractivity contribution in [3.63, 3.8) is 0 Å². The van der Waals surface area contributed by atoms with Gasteiger partial charge in [0.25, 0.3) is 5.91 Å². The standard InChI is InChI=1S/C20H20N2O/c23-20(19-11-5-2-6-12-19)22-16-14-21(15-17-22)13-7-10-18-8-3-1-4-9-18/h1-6,8-9,11-12H,13-17H2/p+1. The first-order valence-corrected chi connectivity index (χ1v) is 8.05. The molecule has 0 unspecified atom stereocenters. The number of hydrogen-bond acceptors (Lipinski definition) is 1. The molecule has 0 spiro atoms. The van der Waals surface area contributed by atoms with E-state index in [2.05, 4.69) is 11.8 Å². The zero-order valence-corrected chi connectivity index (χ0v) is 13.2. The Morgan fingerprint density at radius 2 is 1.57 bits per heavy atom. The van der Waals surface area contributed by atoms with Crippen LogP contribution in [0.3, 0.4) is 0 Å². The fourth-order valence-corrected chi connectivity index (χ4v) is 2.76. The van der Waals surface area contributed by atoms with E-state index in [-0.39, 0.29) is 5.91 Å². The van der Waals surface area contributed by atoms with Crippen LogP contribution < -0.4 is 4.90 Å². The average Bonchev–Trinajstić information content (AvgIpc) is 2.63. The summed E-state index contributed by atoms with van der Waals surface area (Å²) in [6.45, 7) is 4.36. The molecule has 1 aliphatic heterocycles. The van der Waals surface area contributed by atoms with E-state index in [0.717, 1.165) is 43.9 Å². The molecule has 0 bridgehead atoms. The molecular weight excluding hydrogens is 284 g/mol. The fraction of sp³-hybridized carbons (Fsp3) is 0.250. The number of carbonyl (C=O) groups is 1. The van der Waals surface area contributed by atoms with Gasteiger partial charge in [0.05, 0.1) is 26.2 Å². The van der Waals surface area contributed by atoms with E-state index in [1.807, 2.05) is 65.6 Å². The number of amides is 1.